The molecule has 0 saturated carbocycles. The van der Waals surface area contributed by atoms with E-state index in [0.717, 1.165) is 0 Å². The van der Waals surface area contributed by atoms with Gasteiger partial charge in [0.25, 0.3) is 11.6 Å². The fraction of sp³-hybridized carbons (Fsp3) is 0.250. The molecule has 0 spiro atoms. The highest BCUT2D eigenvalue weighted by atomic mass is 16.6. The summed E-state index contributed by atoms with van der Waals surface area (Å²) in [6.45, 7) is 1.56. The Hall–Kier alpha value is -2.55. The van der Waals surface area contributed by atoms with E-state index in [1.54, 1.807) is 6.92 Å². The first-order valence-corrected chi connectivity index (χ1v) is 5.12. The summed E-state index contributed by atoms with van der Waals surface area (Å²) in [6, 6.07) is 4.29. The molecule has 94 valence electrons. The molecule has 0 saturated heterocycles. The van der Waals surface area contributed by atoms with Crippen molar-refractivity contribution in [2.75, 3.05) is 13.2 Å². The number of carbonyl (C=O) groups is 1. The minimum atomic E-state index is -0.473. The molecule has 1 rings (SSSR count). The van der Waals surface area contributed by atoms with Crippen molar-refractivity contribution in [3.63, 3.8) is 0 Å². The van der Waals surface area contributed by atoms with Gasteiger partial charge in [-0.3, -0.25) is 14.9 Å². The van der Waals surface area contributed by atoms with Crippen LogP contribution < -0.4 is 10.1 Å². The summed E-state index contributed by atoms with van der Waals surface area (Å²) in [7, 11) is 0. The third-order valence-electron chi connectivity index (χ3n) is 2.12. The number of amides is 1. The van der Waals surface area contributed by atoms with E-state index in [4.69, 9.17) is 11.2 Å². The molecule has 0 aliphatic rings. The van der Waals surface area contributed by atoms with Crippen LogP contribution in [0.2, 0.25) is 0 Å². The van der Waals surface area contributed by atoms with Crippen molar-refractivity contribution >= 4 is 11.6 Å². The number of terminal acetylenes is 1. The van der Waals surface area contributed by atoms with Crippen LogP contribution in [0.1, 0.15) is 5.56 Å². The van der Waals surface area contributed by atoms with E-state index in [1.807, 2.05) is 0 Å². The van der Waals surface area contributed by atoms with Gasteiger partial charge in [-0.05, 0) is 19.1 Å². The minimum absolute atomic E-state index is 0.0131. The number of hydrogen-bond donors (Lipinski definition) is 1. The first-order valence-electron chi connectivity index (χ1n) is 5.12. The number of nitrogens with zero attached hydrogens (tertiary/aromatic N) is 1. The molecule has 0 bridgehead atoms. The van der Waals surface area contributed by atoms with Gasteiger partial charge in [0.15, 0.2) is 6.61 Å². The van der Waals surface area contributed by atoms with E-state index in [-0.39, 0.29) is 24.7 Å². The van der Waals surface area contributed by atoms with Gasteiger partial charge in [-0.1, -0.05) is 5.92 Å². The van der Waals surface area contributed by atoms with Crippen LogP contribution in [0.25, 0.3) is 0 Å². The Morgan fingerprint density at radius 2 is 2.33 bits per heavy atom. The lowest BCUT2D eigenvalue weighted by molar-refractivity contribution is -0.385. The van der Waals surface area contributed by atoms with Crippen LogP contribution in [0.15, 0.2) is 18.2 Å². The minimum Gasteiger partial charge on any atom is -0.484 e. The maximum Gasteiger partial charge on any atom is 0.272 e. The fourth-order valence-electron chi connectivity index (χ4n) is 1.27. The summed E-state index contributed by atoms with van der Waals surface area (Å²) < 4.78 is 5.18. The Morgan fingerprint density at radius 3 is 2.89 bits per heavy atom. The fourth-order valence-corrected chi connectivity index (χ4v) is 1.27. The number of ether oxygens (including phenoxy) is 1. The van der Waals surface area contributed by atoms with Gasteiger partial charge >= 0.3 is 0 Å². The lowest BCUT2D eigenvalue weighted by atomic mass is 10.2. The third-order valence-corrected chi connectivity index (χ3v) is 2.12. The molecule has 0 radical (unpaired) electrons. The highest BCUT2D eigenvalue weighted by molar-refractivity contribution is 5.77. The van der Waals surface area contributed by atoms with Gasteiger partial charge < -0.3 is 10.1 Å². The van der Waals surface area contributed by atoms with Crippen molar-refractivity contribution in [1.29, 1.82) is 0 Å². The smallest absolute Gasteiger partial charge is 0.272 e. The molecule has 0 heterocycles. The van der Waals surface area contributed by atoms with Gasteiger partial charge in [-0.15, -0.1) is 6.42 Å². The van der Waals surface area contributed by atoms with Crippen molar-refractivity contribution in [3.8, 4) is 18.1 Å². The topological polar surface area (TPSA) is 81.5 Å². The van der Waals surface area contributed by atoms with Crippen LogP contribution in [-0.4, -0.2) is 24.0 Å². The predicted molar refractivity (Wildman–Crippen MR) is 65.2 cm³/mol. The number of nitrogens with one attached hydrogen (secondary N) is 1. The molecule has 0 fully saturated rings. The molecular formula is C12H12N2O4. The molecule has 0 atom stereocenters. The average Bonchev–Trinajstić information content (AvgIpc) is 2.33. The van der Waals surface area contributed by atoms with Gasteiger partial charge in [0.05, 0.1) is 11.5 Å². The molecule has 1 aromatic rings. The van der Waals surface area contributed by atoms with Gasteiger partial charge in [-0.25, -0.2) is 0 Å². The van der Waals surface area contributed by atoms with E-state index in [0.29, 0.717) is 11.3 Å². The van der Waals surface area contributed by atoms with Crippen LogP contribution in [-0.2, 0) is 4.79 Å². The van der Waals surface area contributed by atoms with Crippen LogP contribution in [0.4, 0.5) is 5.69 Å². The second kappa shape index (κ2) is 6.25. The van der Waals surface area contributed by atoms with Crippen molar-refractivity contribution in [2.45, 2.75) is 6.92 Å². The monoisotopic (exact) mass is 248 g/mol. The Morgan fingerprint density at radius 1 is 1.61 bits per heavy atom. The second-order valence-corrected chi connectivity index (χ2v) is 3.47. The zero-order valence-corrected chi connectivity index (χ0v) is 9.80. The Bertz CT molecular complexity index is 505. The van der Waals surface area contributed by atoms with Crippen LogP contribution in [0.5, 0.6) is 5.75 Å². The molecule has 0 aliphatic heterocycles. The lowest BCUT2D eigenvalue weighted by Gasteiger charge is -2.06. The number of aryl methyl sites for hydroxylation is 1. The standard InChI is InChI=1S/C12H12N2O4/c1-3-6-13-12(15)8-18-10-4-5-11(14(16)17)9(2)7-10/h1,4-5,7H,6,8H2,2H3,(H,13,15). The summed E-state index contributed by atoms with van der Waals surface area (Å²) in [4.78, 5) is 21.3. The van der Waals surface area contributed by atoms with Crippen LogP contribution in [0.3, 0.4) is 0 Å². The molecule has 1 amide bonds. The molecule has 18 heavy (non-hydrogen) atoms. The van der Waals surface area contributed by atoms with Crippen molar-refractivity contribution in [2.24, 2.45) is 0 Å². The summed E-state index contributed by atoms with van der Waals surface area (Å²) in [5.74, 6) is 2.32. The van der Waals surface area contributed by atoms with Crippen LogP contribution in [0, 0.1) is 29.4 Å². The van der Waals surface area contributed by atoms with E-state index in [2.05, 4.69) is 11.2 Å². The van der Waals surface area contributed by atoms with Crippen molar-refractivity contribution < 1.29 is 14.5 Å². The first-order chi connectivity index (χ1) is 8.54. The Kier molecular flexibility index (Phi) is 4.69. The lowest BCUT2D eigenvalue weighted by Crippen LogP contribution is -2.29. The summed E-state index contributed by atoms with van der Waals surface area (Å²) in [5.41, 5.74) is 0.487. The molecule has 0 aliphatic carbocycles. The summed E-state index contributed by atoms with van der Waals surface area (Å²) in [5, 5.41) is 13.0. The predicted octanol–water partition coefficient (Wildman–Crippen LogP) is 1.03. The third kappa shape index (κ3) is 3.79. The van der Waals surface area contributed by atoms with Gasteiger partial charge in [-0.2, -0.15) is 0 Å². The van der Waals surface area contributed by atoms with E-state index in [9.17, 15) is 14.9 Å². The molecule has 6 heteroatoms. The summed E-state index contributed by atoms with van der Waals surface area (Å²) in [6.07, 6.45) is 4.98. The molecular weight excluding hydrogens is 236 g/mol. The number of hydrogen-bond acceptors (Lipinski definition) is 4. The summed E-state index contributed by atoms with van der Waals surface area (Å²) >= 11 is 0. The van der Waals surface area contributed by atoms with E-state index < -0.39 is 4.92 Å². The number of nitro benzene ring substituents is 1. The molecule has 1 N–H and O–H groups in total. The highest BCUT2D eigenvalue weighted by Gasteiger charge is 2.11. The highest BCUT2D eigenvalue weighted by Crippen LogP contribution is 2.22. The largest absolute Gasteiger partial charge is 0.484 e. The number of benzene rings is 1. The normalized spacial score (nSPS) is 9.33. The SMILES string of the molecule is C#CCNC(=O)COc1ccc([N+](=O)[O-])c(C)c1. The quantitative estimate of drug-likeness (QED) is 0.479. The van der Waals surface area contributed by atoms with Gasteiger partial charge in [0, 0.05) is 11.6 Å². The number of nitro groups is 1. The van der Waals surface area contributed by atoms with E-state index in [1.165, 1.54) is 18.2 Å². The second-order valence-electron chi connectivity index (χ2n) is 3.47. The average molecular weight is 248 g/mol. The molecule has 0 aromatic heterocycles. The zero-order valence-electron chi connectivity index (χ0n) is 9.80. The van der Waals surface area contributed by atoms with Gasteiger partial charge in [0.2, 0.25) is 0 Å². The molecule has 6 nitrogen and oxygen atoms in total. The molecule has 0 unspecified atom stereocenters. The van der Waals surface area contributed by atoms with Crippen molar-refractivity contribution in [3.05, 3.63) is 33.9 Å². The first kappa shape index (κ1) is 13.5. The van der Waals surface area contributed by atoms with E-state index >= 15 is 0 Å². The Labute approximate surface area is 104 Å². The number of rotatable bonds is 5. The van der Waals surface area contributed by atoms with Crippen LogP contribution >= 0.6 is 0 Å². The molecule has 1 aromatic carbocycles. The van der Waals surface area contributed by atoms with Crippen molar-refractivity contribution in [1.82, 2.24) is 5.32 Å². The number of carbonyl (C=O) groups excluding carboxylic acids is 1. The maximum atomic E-state index is 11.2. The maximum absolute atomic E-state index is 11.2. The zero-order chi connectivity index (χ0) is 13.5. The van der Waals surface area contributed by atoms with Gasteiger partial charge in [0.1, 0.15) is 5.75 Å². The Balaban J connectivity index is 2.59.